The van der Waals surface area contributed by atoms with Gasteiger partial charge in [-0.1, -0.05) is 12.1 Å². The molecule has 0 radical (unpaired) electrons. The summed E-state index contributed by atoms with van der Waals surface area (Å²) in [6, 6.07) is 5.07. The van der Waals surface area contributed by atoms with Gasteiger partial charge in [-0.15, -0.1) is 0 Å². The molecule has 0 N–H and O–H groups in total. The highest BCUT2D eigenvalue weighted by molar-refractivity contribution is 5.84. The molecule has 0 aromatic heterocycles. The Morgan fingerprint density at radius 3 is 2.86 bits per heavy atom. The van der Waals surface area contributed by atoms with Crippen LogP contribution in [0.2, 0.25) is 0 Å². The lowest BCUT2D eigenvalue weighted by molar-refractivity contribution is -0.142. The van der Waals surface area contributed by atoms with Crippen LogP contribution >= 0.6 is 0 Å². The number of ether oxygens (including phenoxy) is 1. The topological polar surface area (TPSA) is 29.5 Å². The monoisotopic (exact) mass is 301 g/mol. The van der Waals surface area contributed by atoms with E-state index in [0.717, 1.165) is 37.2 Å². The third-order valence-electron chi connectivity index (χ3n) is 6.36. The molecule has 1 amide bonds. The van der Waals surface area contributed by atoms with Crippen molar-refractivity contribution in [2.45, 2.75) is 50.7 Å². The van der Waals surface area contributed by atoms with Gasteiger partial charge in [0, 0.05) is 17.4 Å². The second-order valence-electron chi connectivity index (χ2n) is 7.53. The summed E-state index contributed by atoms with van der Waals surface area (Å²) in [5.74, 6) is 1.13. The maximum Gasteiger partial charge on any atom is 0.229 e. The fourth-order valence-electron chi connectivity index (χ4n) is 5.28. The van der Waals surface area contributed by atoms with Crippen LogP contribution < -0.4 is 4.74 Å². The number of benzene rings is 1. The second kappa shape index (κ2) is 4.24. The quantitative estimate of drug-likeness (QED) is 0.795. The molecule has 116 valence electrons. The molecule has 22 heavy (non-hydrogen) atoms. The minimum atomic E-state index is -0.304. The van der Waals surface area contributed by atoms with Crippen molar-refractivity contribution < 1.29 is 13.9 Å². The average molecular weight is 301 g/mol. The number of hydrogen-bond acceptors (Lipinski definition) is 2. The lowest BCUT2D eigenvalue weighted by Crippen LogP contribution is -2.41. The zero-order valence-electron chi connectivity index (χ0n) is 12.6. The molecular formula is C18H20FNO2. The van der Waals surface area contributed by atoms with Crippen molar-refractivity contribution in [1.82, 2.24) is 4.90 Å². The Morgan fingerprint density at radius 1 is 1.32 bits per heavy atom. The first-order valence-electron chi connectivity index (χ1n) is 8.42. The first-order chi connectivity index (χ1) is 10.7. The van der Waals surface area contributed by atoms with Crippen molar-refractivity contribution in [3.8, 4) is 5.75 Å². The second-order valence-corrected chi connectivity index (χ2v) is 7.53. The van der Waals surface area contributed by atoms with Gasteiger partial charge in [-0.05, 0) is 44.1 Å². The van der Waals surface area contributed by atoms with Crippen LogP contribution in [0.5, 0.6) is 5.75 Å². The zero-order chi connectivity index (χ0) is 14.9. The molecule has 5 rings (SSSR count). The maximum absolute atomic E-state index is 14.0. The molecule has 0 unspecified atom stereocenters. The molecule has 1 saturated heterocycles. The molecule has 2 heterocycles. The number of likely N-dealkylation sites (tertiary alicyclic amines) is 1. The lowest BCUT2D eigenvalue weighted by atomic mass is 9.82. The van der Waals surface area contributed by atoms with Crippen LogP contribution in [0.4, 0.5) is 4.39 Å². The molecular weight excluding hydrogens is 281 g/mol. The number of nitrogens with zero attached hydrogens (tertiary/aromatic N) is 1. The standard InChI is InChI=1S/C18H20FNO2/c19-14-3-1-2-13-15-8-12(22-16(13)14)10-20(15)17(21)18-6-4-11(9-18)5-7-18/h1-3,11-12,15H,4-10H2/t11?,12-,15-,18?/m0/s1. The molecule has 3 fully saturated rings. The number of rotatable bonds is 1. The summed E-state index contributed by atoms with van der Waals surface area (Å²) in [7, 11) is 0. The number of amides is 1. The molecule has 4 bridgehead atoms. The third kappa shape index (κ3) is 1.58. The Hall–Kier alpha value is -1.58. The van der Waals surface area contributed by atoms with Gasteiger partial charge in [0.15, 0.2) is 11.6 Å². The van der Waals surface area contributed by atoms with Gasteiger partial charge in [0.1, 0.15) is 6.10 Å². The largest absolute Gasteiger partial charge is 0.485 e. The van der Waals surface area contributed by atoms with E-state index in [4.69, 9.17) is 4.74 Å². The smallest absolute Gasteiger partial charge is 0.229 e. The van der Waals surface area contributed by atoms with E-state index < -0.39 is 0 Å². The number of fused-ring (bicyclic) bond motifs is 6. The van der Waals surface area contributed by atoms with E-state index in [1.807, 2.05) is 11.0 Å². The minimum Gasteiger partial charge on any atom is -0.485 e. The van der Waals surface area contributed by atoms with Crippen molar-refractivity contribution in [3.63, 3.8) is 0 Å². The van der Waals surface area contributed by atoms with Gasteiger partial charge in [-0.2, -0.15) is 0 Å². The molecule has 1 aromatic carbocycles. The van der Waals surface area contributed by atoms with Gasteiger partial charge < -0.3 is 9.64 Å². The van der Waals surface area contributed by atoms with E-state index in [1.165, 1.54) is 18.9 Å². The summed E-state index contributed by atoms with van der Waals surface area (Å²) < 4.78 is 19.8. The van der Waals surface area contributed by atoms with E-state index in [-0.39, 0.29) is 23.4 Å². The van der Waals surface area contributed by atoms with Gasteiger partial charge in [0.25, 0.3) is 0 Å². The number of hydrogen-bond donors (Lipinski definition) is 0. The fourth-order valence-corrected chi connectivity index (χ4v) is 5.28. The summed E-state index contributed by atoms with van der Waals surface area (Å²) >= 11 is 0. The summed E-state index contributed by atoms with van der Waals surface area (Å²) in [6.07, 6.45) is 6.32. The molecule has 1 aromatic rings. The molecule has 3 nitrogen and oxygen atoms in total. The normalized spacial score (nSPS) is 38.0. The number of carbonyl (C=O) groups excluding carboxylic acids is 1. The van der Waals surface area contributed by atoms with Crippen molar-refractivity contribution in [1.29, 1.82) is 0 Å². The summed E-state index contributed by atoms with van der Waals surface area (Å²) in [5.41, 5.74) is 0.737. The fraction of sp³-hybridized carbons (Fsp3) is 0.611. The van der Waals surface area contributed by atoms with Crippen molar-refractivity contribution in [2.75, 3.05) is 6.54 Å². The van der Waals surface area contributed by atoms with Gasteiger partial charge in [-0.25, -0.2) is 4.39 Å². The first kappa shape index (κ1) is 12.9. The van der Waals surface area contributed by atoms with Gasteiger partial charge >= 0.3 is 0 Å². The van der Waals surface area contributed by atoms with Crippen LogP contribution in [0.3, 0.4) is 0 Å². The number of halogens is 1. The molecule has 2 atom stereocenters. The zero-order valence-corrected chi connectivity index (χ0v) is 12.6. The highest BCUT2D eigenvalue weighted by atomic mass is 19.1. The van der Waals surface area contributed by atoms with E-state index >= 15 is 0 Å². The Bertz CT molecular complexity index is 650. The van der Waals surface area contributed by atoms with Crippen molar-refractivity contribution in [3.05, 3.63) is 29.6 Å². The molecule has 0 spiro atoms. The summed E-state index contributed by atoms with van der Waals surface area (Å²) in [6.45, 7) is 0.615. The molecule has 4 heteroatoms. The number of carbonyl (C=O) groups is 1. The van der Waals surface area contributed by atoms with Crippen LogP contribution in [0, 0.1) is 17.2 Å². The Labute approximate surface area is 129 Å². The van der Waals surface area contributed by atoms with Crippen molar-refractivity contribution in [2.24, 2.45) is 11.3 Å². The molecule has 2 saturated carbocycles. The average Bonchev–Trinajstić information content (AvgIpc) is 3.22. The van der Waals surface area contributed by atoms with Crippen LogP contribution in [-0.2, 0) is 4.79 Å². The predicted molar refractivity (Wildman–Crippen MR) is 78.9 cm³/mol. The van der Waals surface area contributed by atoms with Gasteiger partial charge in [0.2, 0.25) is 5.91 Å². The lowest BCUT2D eigenvalue weighted by Gasteiger charge is -2.34. The van der Waals surface area contributed by atoms with E-state index in [0.29, 0.717) is 18.2 Å². The van der Waals surface area contributed by atoms with Crippen LogP contribution in [0.1, 0.15) is 50.1 Å². The predicted octanol–water partition coefficient (Wildman–Crippen LogP) is 3.44. The van der Waals surface area contributed by atoms with E-state index in [2.05, 4.69) is 0 Å². The highest BCUT2D eigenvalue weighted by Crippen LogP contribution is 2.57. The van der Waals surface area contributed by atoms with Crippen LogP contribution in [0.15, 0.2) is 18.2 Å². The minimum absolute atomic E-state index is 0.00553. The number of para-hydroxylation sites is 1. The van der Waals surface area contributed by atoms with Crippen LogP contribution in [0.25, 0.3) is 0 Å². The Morgan fingerprint density at radius 2 is 2.14 bits per heavy atom. The first-order valence-corrected chi connectivity index (χ1v) is 8.42. The van der Waals surface area contributed by atoms with Crippen LogP contribution in [-0.4, -0.2) is 23.5 Å². The molecule has 2 aliphatic heterocycles. The molecule has 4 aliphatic rings. The van der Waals surface area contributed by atoms with Gasteiger partial charge in [-0.3, -0.25) is 4.79 Å². The Balaban J connectivity index is 1.51. The maximum atomic E-state index is 14.0. The van der Waals surface area contributed by atoms with E-state index in [9.17, 15) is 9.18 Å². The Kier molecular flexibility index (Phi) is 2.49. The summed E-state index contributed by atoms with van der Waals surface area (Å²) in [5, 5.41) is 0. The van der Waals surface area contributed by atoms with Crippen molar-refractivity contribution >= 4 is 5.91 Å². The SMILES string of the molecule is O=C(N1C[C@@H]2C[C@H]1c1cccc(F)c1O2)C12CCC(CC1)C2. The third-order valence-corrected chi connectivity index (χ3v) is 6.36. The molecule has 2 aliphatic carbocycles. The van der Waals surface area contributed by atoms with E-state index in [1.54, 1.807) is 6.07 Å². The van der Waals surface area contributed by atoms with Gasteiger partial charge in [0.05, 0.1) is 12.6 Å². The highest BCUT2D eigenvalue weighted by Gasteiger charge is 2.54. The summed E-state index contributed by atoms with van der Waals surface area (Å²) in [4.78, 5) is 15.2.